The molecule has 0 aliphatic carbocycles. The van der Waals surface area contributed by atoms with Crippen LogP contribution in [0, 0.1) is 5.82 Å². The molecule has 19 heavy (non-hydrogen) atoms. The lowest BCUT2D eigenvalue weighted by molar-refractivity contribution is 0.0928. The first kappa shape index (κ1) is 14.3. The smallest absolute Gasteiger partial charge is 0.123 e. The highest BCUT2D eigenvalue weighted by molar-refractivity contribution is 5.56. The van der Waals surface area contributed by atoms with E-state index in [0.717, 1.165) is 37.4 Å². The van der Waals surface area contributed by atoms with Gasteiger partial charge in [-0.25, -0.2) is 4.39 Å². The highest BCUT2D eigenvalue weighted by Crippen LogP contribution is 2.30. The van der Waals surface area contributed by atoms with Gasteiger partial charge in [-0.3, -0.25) is 0 Å². The Morgan fingerprint density at radius 2 is 2.32 bits per heavy atom. The van der Waals surface area contributed by atoms with E-state index < -0.39 is 0 Å². The molecule has 0 radical (unpaired) electrons. The molecule has 0 amide bonds. The van der Waals surface area contributed by atoms with Crippen LogP contribution in [-0.4, -0.2) is 32.8 Å². The van der Waals surface area contributed by atoms with E-state index in [1.54, 1.807) is 12.1 Å². The van der Waals surface area contributed by atoms with Crippen LogP contribution in [0.4, 0.5) is 10.1 Å². The Kier molecular flexibility index (Phi) is 4.77. The zero-order chi connectivity index (χ0) is 13.8. The fourth-order valence-corrected chi connectivity index (χ4v) is 2.60. The number of nitrogens with one attached hydrogen (secondary N) is 1. The molecular weight excluding hydrogens is 243 g/mol. The second-order valence-corrected chi connectivity index (χ2v) is 5.04. The molecule has 4 heteroatoms. The first-order chi connectivity index (χ1) is 9.17. The SMILES string of the molecule is CCC1COCCN1c1ccc(F)cc1C(C)NC. The van der Waals surface area contributed by atoms with Crippen molar-refractivity contribution in [2.75, 3.05) is 31.7 Å². The predicted molar refractivity (Wildman–Crippen MR) is 76.1 cm³/mol. The number of ether oxygens (including phenoxy) is 1. The summed E-state index contributed by atoms with van der Waals surface area (Å²) in [7, 11) is 1.90. The van der Waals surface area contributed by atoms with Crippen LogP contribution in [0.25, 0.3) is 0 Å². The molecule has 0 aromatic heterocycles. The maximum absolute atomic E-state index is 13.5. The zero-order valence-electron chi connectivity index (χ0n) is 11.9. The number of benzene rings is 1. The molecule has 2 rings (SSSR count). The van der Waals surface area contributed by atoms with Gasteiger partial charge in [0.05, 0.1) is 19.3 Å². The molecule has 1 heterocycles. The minimum Gasteiger partial charge on any atom is -0.377 e. The maximum Gasteiger partial charge on any atom is 0.123 e. The van der Waals surface area contributed by atoms with Gasteiger partial charge in [0.25, 0.3) is 0 Å². The fraction of sp³-hybridized carbons (Fsp3) is 0.600. The summed E-state index contributed by atoms with van der Waals surface area (Å²) in [6, 6.07) is 5.59. The molecular formula is C15H23FN2O. The van der Waals surface area contributed by atoms with Gasteiger partial charge in [-0.05, 0) is 44.2 Å². The molecule has 0 bridgehead atoms. The minimum absolute atomic E-state index is 0.131. The summed E-state index contributed by atoms with van der Waals surface area (Å²) in [5.74, 6) is -0.179. The number of anilines is 1. The van der Waals surface area contributed by atoms with Crippen molar-refractivity contribution in [3.8, 4) is 0 Å². The van der Waals surface area contributed by atoms with E-state index >= 15 is 0 Å². The maximum atomic E-state index is 13.5. The van der Waals surface area contributed by atoms with Crippen LogP contribution < -0.4 is 10.2 Å². The average Bonchev–Trinajstić information content (AvgIpc) is 2.46. The molecule has 1 aromatic carbocycles. The van der Waals surface area contributed by atoms with Gasteiger partial charge in [0.15, 0.2) is 0 Å². The van der Waals surface area contributed by atoms with Gasteiger partial charge in [0, 0.05) is 18.3 Å². The summed E-state index contributed by atoms with van der Waals surface area (Å²) in [4.78, 5) is 2.35. The summed E-state index contributed by atoms with van der Waals surface area (Å²) < 4.78 is 19.1. The Bertz CT molecular complexity index is 425. The Balaban J connectivity index is 2.36. The Labute approximate surface area is 114 Å². The monoisotopic (exact) mass is 266 g/mol. The quantitative estimate of drug-likeness (QED) is 0.907. The second kappa shape index (κ2) is 6.35. The second-order valence-electron chi connectivity index (χ2n) is 5.04. The van der Waals surface area contributed by atoms with Crippen molar-refractivity contribution >= 4 is 5.69 Å². The van der Waals surface area contributed by atoms with Crippen LogP contribution in [0.1, 0.15) is 31.9 Å². The van der Waals surface area contributed by atoms with Crippen molar-refractivity contribution in [3.05, 3.63) is 29.6 Å². The molecule has 1 aromatic rings. The Morgan fingerprint density at radius 1 is 1.53 bits per heavy atom. The summed E-state index contributed by atoms with van der Waals surface area (Å²) in [6.07, 6.45) is 1.03. The highest BCUT2D eigenvalue weighted by Gasteiger charge is 2.24. The molecule has 2 atom stereocenters. The van der Waals surface area contributed by atoms with Gasteiger partial charge in [0.2, 0.25) is 0 Å². The van der Waals surface area contributed by atoms with Crippen molar-refractivity contribution in [1.29, 1.82) is 0 Å². The molecule has 106 valence electrons. The van der Waals surface area contributed by atoms with E-state index in [1.807, 2.05) is 13.1 Å². The number of nitrogens with zero attached hydrogens (tertiary/aromatic N) is 1. The molecule has 1 N–H and O–H groups in total. The van der Waals surface area contributed by atoms with Gasteiger partial charge in [-0.1, -0.05) is 6.92 Å². The molecule has 2 unspecified atom stereocenters. The molecule has 1 saturated heterocycles. The summed E-state index contributed by atoms with van der Waals surface area (Å²) >= 11 is 0. The summed E-state index contributed by atoms with van der Waals surface area (Å²) in [5, 5.41) is 3.20. The van der Waals surface area contributed by atoms with Crippen LogP contribution in [-0.2, 0) is 4.74 Å². The van der Waals surface area contributed by atoms with Gasteiger partial charge in [0.1, 0.15) is 5.82 Å². The Hall–Kier alpha value is -1.13. The van der Waals surface area contributed by atoms with Crippen LogP contribution in [0.3, 0.4) is 0 Å². The van der Waals surface area contributed by atoms with Crippen LogP contribution in [0.15, 0.2) is 18.2 Å². The standard InChI is InChI=1S/C15H23FN2O/c1-4-13-10-19-8-7-18(13)15-6-5-12(16)9-14(15)11(2)17-3/h5-6,9,11,13,17H,4,7-8,10H2,1-3H3. The van der Waals surface area contributed by atoms with Crippen molar-refractivity contribution in [2.24, 2.45) is 0 Å². The lowest BCUT2D eigenvalue weighted by Crippen LogP contribution is -2.45. The van der Waals surface area contributed by atoms with E-state index in [0.29, 0.717) is 6.04 Å². The lowest BCUT2D eigenvalue weighted by atomic mass is 10.0. The number of rotatable bonds is 4. The molecule has 0 spiro atoms. The number of morpholine rings is 1. The molecule has 1 aliphatic heterocycles. The minimum atomic E-state index is -0.179. The third kappa shape index (κ3) is 3.07. The number of hydrogen-bond donors (Lipinski definition) is 1. The van der Waals surface area contributed by atoms with Crippen molar-refractivity contribution in [2.45, 2.75) is 32.4 Å². The summed E-state index contributed by atoms with van der Waals surface area (Å²) in [5.41, 5.74) is 2.14. The van der Waals surface area contributed by atoms with E-state index in [4.69, 9.17) is 4.74 Å². The molecule has 0 saturated carbocycles. The van der Waals surface area contributed by atoms with Crippen molar-refractivity contribution < 1.29 is 9.13 Å². The predicted octanol–water partition coefficient (Wildman–Crippen LogP) is 2.72. The van der Waals surface area contributed by atoms with Crippen LogP contribution in [0.2, 0.25) is 0 Å². The first-order valence-corrected chi connectivity index (χ1v) is 6.98. The third-order valence-corrected chi connectivity index (χ3v) is 3.90. The normalized spacial score (nSPS) is 21.5. The third-order valence-electron chi connectivity index (χ3n) is 3.90. The zero-order valence-corrected chi connectivity index (χ0v) is 11.9. The topological polar surface area (TPSA) is 24.5 Å². The van der Waals surface area contributed by atoms with Crippen LogP contribution >= 0.6 is 0 Å². The van der Waals surface area contributed by atoms with E-state index in [1.165, 1.54) is 0 Å². The molecule has 3 nitrogen and oxygen atoms in total. The van der Waals surface area contributed by atoms with Gasteiger partial charge < -0.3 is 15.0 Å². The van der Waals surface area contributed by atoms with Crippen LogP contribution in [0.5, 0.6) is 0 Å². The van der Waals surface area contributed by atoms with E-state index in [2.05, 4.69) is 24.1 Å². The Morgan fingerprint density at radius 3 is 3.00 bits per heavy atom. The van der Waals surface area contributed by atoms with Gasteiger partial charge in [-0.15, -0.1) is 0 Å². The van der Waals surface area contributed by atoms with Gasteiger partial charge in [-0.2, -0.15) is 0 Å². The number of halogens is 1. The molecule has 1 fully saturated rings. The average molecular weight is 266 g/mol. The van der Waals surface area contributed by atoms with E-state index in [-0.39, 0.29) is 11.9 Å². The first-order valence-electron chi connectivity index (χ1n) is 6.98. The van der Waals surface area contributed by atoms with Gasteiger partial charge >= 0.3 is 0 Å². The van der Waals surface area contributed by atoms with Crippen molar-refractivity contribution in [1.82, 2.24) is 5.32 Å². The highest BCUT2D eigenvalue weighted by atomic mass is 19.1. The van der Waals surface area contributed by atoms with Crippen molar-refractivity contribution in [3.63, 3.8) is 0 Å². The lowest BCUT2D eigenvalue weighted by Gasteiger charge is -2.38. The number of hydrogen-bond acceptors (Lipinski definition) is 3. The largest absolute Gasteiger partial charge is 0.377 e. The molecule has 1 aliphatic rings. The fourth-order valence-electron chi connectivity index (χ4n) is 2.60. The van der Waals surface area contributed by atoms with E-state index in [9.17, 15) is 4.39 Å². The summed E-state index contributed by atoms with van der Waals surface area (Å²) in [6.45, 7) is 6.58.